The van der Waals surface area contributed by atoms with Crippen LogP contribution in [0.1, 0.15) is 30.0 Å². The SMILES string of the molecule is CCNC(Cc1c(Br)c(C)nn1C)c1cn[nH]n1. The number of aromatic nitrogens is 5. The van der Waals surface area contributed by atoms with Crippen LogP contribution in [0.2, 0.25) is 0 Å². The summed E-state index contributed by atoms with van der Waals surface area (Å²) in [5, 5.41) is 18.5. The van der Waals surface area contributed by atoms with Crippen LogP contribution < -0.4 is 5.32 Å². The highest BCUT2D eigenvalue weighted by atomic mass is 79.9. The molecule has 2 N–H and O–H groups in total. The highest BCUT2D eigenvalue weighted by molar-refractivity contribution is 9.10. The summed E-state index contributed by atoms with van der Waals surface area (Å²) in [6.07, 6.45) is 2.57. The number of hydrogen-bond acceptors (Lipinski definition) is 4. The van der Waals surface area contributed by atoms with Crippen molar-refractivity contribution < 1.29 is 0 Å². The lowest BCUT2D eigenvalue weighted by atomic mass is 10.1. The average molecular weight is 313 g/mol. The summed E-state index contributed by atoms with van der Waals surface area (Å²) >= 11 is 3.59. The summed E-state index contributed by atoms with van der Waals surface area (Å²) in [5.74, 6) is 0. The number of aryl methyl sites for hydroxylation is 2. The molecular weight excluding hydrogens is 296 g/mol. The molecule has 0 radical (unpaired) electrons. The first-order valence-electron chi connectivity index (χ1n) is 5.90. The Kier molecular flexibility index (Phi) is 4.13. The molecular formula is C11H17BrN6. The van der Waals surface area contributed by atoms with E-state index in [9.17, 15) is 0 Å². The number of nitrogens with one attached hydrogen (secondary N) is 2. The summed E-state index contributed by atoms with van der Waals surface area (Å²) in [5.41, 5.74) is 3.08. The Morgan fingerprint density at radius 3 is 2.83 bits per heavy atom. The summed E-state index contributed by atoms with van der Waals surface area (Å²) in [6, 6.07) is 0.139. The molecule has 2 heterocycles. The normalized spacial score (nSPS) is 12.9. The van der Waals surface area contributed by atoms with E-state index in [4.69, 9.17) is 0 Å². The van der Waals surface area contributed by atoms with E-state index in [0.29, 0.717) is 0 Å². The molecule has 1 atom stereocenters. The maximum Gasteiger partial charge on any atom is 0.0997 e. The summed E-state index contributed by atoms with van der Waals surface area (Å²) in [6.45, 7) is 4.95. The Hall–Kier alpha value is -1.21. The molecule has 0 aliphatic rings. The molecule has 6 nitrogen and oxygen atoms in total. The lowest BCUT2D eigenvalue weighted by molar-refractivity contribution is 0.515. The minimum absolute atomic E-state index is 0.139. The van der Waals surface area contributed by atoms with Crippen molar-refractivity contribution in [3.05, 3.63) is 27.8 Å². The molecule has 2 aromatic rings. The minimum Gasteiger partial charge on any atom is -0.308 e. The molecule has 0 saturated carbocycles. The predicted molar refractivity (Wildman–Crippen MR) is 72.1 cm³/mol. The van der Waals surface area contributed by atoms with Gasteiger partial charge in [0, 0.05) is 13.5 Å². The van der Waals surface area contributed by atoms with Crippen molar-refractivity contribution in [2.24, 2.45) is 7.05 Å². The molecule has 0 aliphatic heterocycles. The molecule has 0 spiro atoms. The van der Waals surface area contributed by atoms with E-state index in [-0.39, 0.29) is 6.04 Å². The summed E-state index contributed by atoms with van der Waals surface area (Å²) < 4.78 is 2.97. The van der Waals surface area contributed by atoms with E-state index >= 15 is 0 Å². The van der Waals surface area contributed by atoms with Crippen molar-refractivity contribution in [3.63, 3.8) is 0 Å². The lowest BCUT2D eigenvalue weighted by Gasteiger charge is -2.15. The van der Waals surface area contributed by atoms with E-state index in [1.54, 1.807) is 6.20 Å². The van der Waals surface area contributed by atoms with Gasteiger partial charge >= 0.3 is 0 Å². The third-order valence-electron chi connectivity index (χ3n) is 2.90. The molecule has 2 rings (SSSR count). The second-order valence-corrected chi connectivity index (χ2v) is 4.97. The van der Waals surface area contributed by atoms with Gasteiger partial charge in [0.25, 0.3) is 0 Å². The number of halogens is 1. The zero-order chi connectivity index (χ0) is 13.1. The van der Waals surface area contributed by atoms with Gasteiger partial charge in [-0.1, -0.05) is 6.92 Å². The van der Waals surface area contributed by atoms with Crippen LogP contribution in [0, 0.1) is 6.92 Å². The molecule has 18 heavy (non-hydrogen) atoms. The van der Waals surface area contributed by atoms with Crippen molar-refractivity contribution >= 4 is 15.9 Å². The molecule has 0 aromatic carbocycles. The van der Waals surface area contributed by atoms with Gasteiger partial charge in [-0.15, -0.1) is 0 Å². The van der Waals surface area contributed by atoms with Crippen LogP contribution >= 0.6 is 15.9 Å². The lowest BCUT2D eigenvalue weighted by Crippen LogP contribution is -2.24. The van der Waals surface area contributed by atoms with Crippen LogP contribution in [-0.2, 0) is 13.5 Å². The van der Waals surface area contributed by atoms with Crippen LogP contribution in [0.4, 0.5) is 0 Å². The minimum atomic E-state index is 0.139. The van der Waals surface area contributed by atoms with Gasteiger partial charge in [0.15, 0.2) is 0 Å². The molecule has 0 fully saturated rings. The molecule has 0 bridgehead atoms. The highest BCUT2D eigenvalue weighted by Gasteiger charge is 2.19. The first kappa shape index (κ1) is 13.2. The monoisotopic (exact) mass is 312 g/mol. The molecule has 0 amide bonds. The summed E-state index contributed by atoms with van der Waals surface area (Å²) in [4.78, 5) is 0. The first-order valence-corrected chi connectivity index (χ1v) is 6.69. The predicted octanol–water partition coefficient (Wildman–Crippen LogP) is 1.50. The van der Waals surface area contributed by atoms with Crippen molar-refractivity contribution in [2.75, 3.05) is 6.54 Å². The molecule has 0 aliphatic carbocycles. The Bertz CT molecular complexity index is 504. The topological polar surface area (TPSA) is 71.4 Å². The number of rotatable bonds is 5. The number of nitrogens with zero attached hydrogens (tertiary/aromatic N) is 4. The smallest absolute Gasteiger partial charge is 0.0997 e. The molecule has 7 heteroatoms. The van der Waals surface area contributed by atoms with Gasteiger partial charge in [-0.25, -0.2) is 0 Å². The van der Waals surface area contributed by atoms with Crippen molar-refractivity contribution in [1.29, 1.82) is 0 Å². The van der Waals surface area contributed by atoms with Crippen LogP contribution in [0.5, 0.6) is 0 Å². The van der Waals surface area contributed by atoms with Crippen molar-refractivity contribution in [1.82, 2.24) is 30.5 Å². The molecule has 0 saturated heterocycles. The zero-order valence-corrected chi connectivity index (χ0v) is 12.3. The second-order valence-electron chi connectivity index (χ2n) is 4.18. The van der Waals surface area contributed by atoms with E-state index < -0.39 is 0 Å². The van der Waals surface area contributed by atoms with Gasteiger partial charge in [0.1, 0.15) is 0 Å². The van der Waals surface area contributed by atoms with Crippen LogP contribution in [0.25, 0.3) is 0 Å². The number of H-pyrrole nitrogens is 1. The molecule has 98 valence electrons. The van der Waals surface area contributed by atoms with Crippen molar-refractivity contribution in [2.45, 2.75) is 26.3 Å². The molecule has 1 unspecified atom stereocenters. The van der Waals surface area contributed by atoms with Gasteiger partial charge < -0.3 is 5.32 Å². The fourth-order valence-electron chi connectivity index (χ4n) is 2.00. The standard InChI is InChI=1S/C11H17BrN6/c1-4-13-8(9-6-14-17-15-9)5-10-11(12)7(2)16-18(10)3/h6,8,13H,4-5H2,1-3H3,(H,14,15,17). The fraction of sp³-hybridized carbons (Fsp3) is 0.545. The maximum atomic E-state index is 4.40. The van der Waals surface area contributed by atoms with Gasteiger partial charge in [0.2, 0.25) is 0 Å². The van der Waals surface area contributed by atoms with E-state index in [1.165, 1.54) is 0 Å². The van der Waals surface area contributed by atoms with E-state index in [0.717, 1.165) is 34.5 Å². The second kappa shape index (κ2) is 5.62. The van der Waals surface area contributed by atoms with Crippen LogP contribution in [-0.4, -0.2) is 31.7 Å². The number of hydrogen-bond donors (Lipinski definition) is 2. The van der Waals surface area contributed by atoms with E-state index in [1.807, 2.05) is 18.7 Å². The Morgan fingerprint density at radius 1 is 1.56 bits per heavy atom. The number of likely N-dealkylation sites (N-methyl/N-ethyl adjacent to an activating group) is 1. The largest absolute Gasteiger partial charge is 0.308 e. The van der Waals surface area contributed by atoms with Crippen molar-refractivity contribution in [3.8, 4) is 0 Å². The Balaban J connectivity index is 2.24. The average Bonchev–Trinajstić information content (AvgIpc) is 2.93. The maximum absolute atomic E-state index is 4.40. The number of aromatic amines is 1. The Labute approximate surface area is 114 Å². The molecule has 2 aromatic heterocycles. The fourth-order valence-corrected chi connectivity index (χ4v) is 2.50. The quantitative estimate of drug-likeness (QED) is 0.877. The highest BCUT2D eigenvalue weighted by Crippen LogP contribution is 2.25. The summed E-state index contributed by atoms with van der Waals surface area (Å²) in [7, 11) is 1.96. The zero-order valence-electron chi connectivity index (χ0n) is 10.7. The third kappa shape index (κ3) is 2.62. The first-order chi connectivity index (χ1) is 8.63. The van der Waals surface area contributed by atoms with Gasteiger partial charge in [-0.2, -0.15) is 20.5 Å². The van der Waals surface area contributed by atoms with Crippen LogP contribution in [0.15, 0.2) is 10.7 Å². The Morgan fingerprint density at radius 2 is 2.33 bits per heavy atom. The van der Waals surface area contributed by atoms with Gasteiger partial charge in [-0.3, -0.25) is 4.68 Å². The third-order valence-corrected chi connectivity index (χ3v) is 3.93. The van der Waals surface area contributed by atoms with Gasteiger partial charge in [-0.05, 0) is 29.4 Å². The van der Waals surface area contributed by atoms with Gasteiger partial charge in [0.05, 0.1) is 33.8 Å². The van der Waals surface area contributed by atoms with Crippen LogP contribution in [0.3, 0.4) is 0 Å². The van der Waals surface area contributed by atoms with E-state index in [2.05, 4.69) is 48.7 Å².